The van der Waals surface area contributed by atoms with Gasteiger partial charge in [0.1, 0.15) is 5.75 Å². The van der Waals surface area contributed by atoms with Gasteiger partial charge in [0.2, 0.25) is 0 Å². The molecule has 0 spiro atoms. The van der Waals surface area contributed by atoms with Crippen LogP contribution >= 0.6 is 0 Å². The summed E-state index contributed by atoms with van der Waals surface area (Å²) >= 11 is 0. The molecule has 0 aliphatic heterocycles. The molecule has 4 nitrogen and oxygen atoms in total. The molecule has 1 heterocycles. The quantitative estimate of drug-likeness (QED) is 0.170. The maximum absolute atomic E-state index is 14.6. The van der Waals surface area contributed by atoms with Gasteiger partial charge in [0.05, 0.1) is 11.3 Å². The standard InChI is InChI=1S/C35H42N2O2.C8H10/c1-5-22-36(31(23-26(3)6-2)25-28-18-20-32(38)21-19-28)35(39)33-24-27(4)37(30-16-12-9-13-17-30)34(33)29-14-10-7-8-11-15-29;1-2-8-6-4-3-5-7-8/h7-10,12-21,24,26,31,38H,5-6,11,22-23,25H2,1-4H3;3-7H,2H2,1H3/t26-,31?;/m1./s1. The molecule has 246 valence electrons. The Morgan fingerprint density at radius 3 is 2.19 bits per heavy atom. The van der Waals surface area contributed by atoms with Gasteiger partial charge < -0.3 is 14.6 Å². The predicted octanol–water partition coefficient (Wildman–Crippen LogP) is 10.5. The minimum absolute atomic E-state index is 0.0606. The molecule has 1 N–H and O–H groups in total. The van der Waals surface area contributed by atoms with Crippen LogP contribution in [0.4, 0.5) is 0 Å². The summed E-state index contributed by atoms with van der Waals surface area (Å²) in [7, 11) is 0. The van der Waals surface area contributed by atoms with E-state index in [0.717, 1.165) is 72.3 Å². The predicted molar refractivity (Wildman–Crippen MR) is 198 cm³/mol. The maximum Gasteiger partial charge on any atom is 0.256 e. The lowest BCUT2D eigenvalue weighted by molar-refractivity contribution is 0.0650. The fourth-order valence-electron chi connectivity index (χ4n) is 6.17. The largest absolute Gasteiger partial charge is 0.508 e. The lowest BCUT2D eigenvalue weighted by Gasteiger charge is -2.34. The number of amides is 1. The van der Waals surface area contributed by atoms with Crippen LogP contribution in [0, 0.1) is 12.8 Å². The Morgan fingerprint density at radius 1 is 0.894 bits per heavy atom. The van der Waals surface area contributed by atoms with Crippen LogP contribution in [-0.4, -0.2) is 33.1 Å². The highest BCUT2D eigenvalue weighted by atomic mass is 16.3. The van der Waals surface area contributed by atoms with Crippen LogP contribution < -0.4 is 0 Å². The van der Waals surface area contributed by atoms with E-state index in [0.29, 0.717) is 12.5 Å². The molecule has 0 radical (unpaired) electrons. The second-order valence-corrected chi connectivity index (χ2v) is 12.5. The number of hydrogen-bond acceptors (Lipinski definition) is 2. The highest BCUT2D eigenvalue weighted by Gasteiger charge is 2.30. The van der Waals surface area contributed by atoms with Crippen LogP contribution in [0.15, 0.2) is 121 Å². The number of aryl methyl sites for hydroxylation is 2. The van der Waals surface area contributed by atoms with Gasteiger partial charge in [-0.15, -0.1) is 0 Å². The van der Waals surface area contributed by atoms with Gasteiger partial charge in [0, 0.05) is 24.0 Å². The number of carbonyl (C=O) groups is 1. The molecule has 0 fully saturated rings. The second kappa shape index (κ2) is 17.9. The number of phenols is 1. The minimum atomic E-state index is 0.0606. The van der Waals surface area contributed by atoms with E-state index in [-0.39, 0.29) is 17.7 Å². The molecule has 0 saturated carbocycles. The summed E-state index contributed by atoms with van der Waals surface area (Å²) in [6.07, 6.45) is 16.2. The van der Waals surface area contributed by atoms with Crippen molar-refractivity contribution < 1.29 is 9.90 Å². The molecular formula is C43H52N2O2. The van der Waals surface area contributed by atoms with Crippen molar-refractivity contribution in [2.24, 2.45) is 5.92 Å². The number of aromatic hydroxyl groups is 1. The smallest absolute Gasteiger partial charge is 0.256 e. The topological polar surface area (TPSA) is 45.5 Å². The van der Waals surface area contributed by atoms with E-state index in [1.54, 1.807) is 12.1 Å². The van der Waals surface area contributed by atoms with Gasteiger partial charge in [-0.1, -0.05) is 125 Å². The van der Waals surface area contributed by atoms with Gasteiger partial charge in [-0.05, 0) is 92.0 Å². The van der Waals surface area contributed by atoms with Crippen LogP contribution in [0.2, 0.25) is 0 Å². The van der Waals surface area contributed by atoms with Crippen molar-refractivity contribution in [1.29, 1.82) is 0 Å². The molecule has 1 unspecified atom stereocenters. The number of para-hydroxylation sites is 1. The molecule has 0 saturated heterocycles. The highest BCUT2D eigenvalue weighted by Crippen LogP contribution is 2.32. The molecule has 2 atom stereocenters. The van der Waals surface area contributed by atoms with Crippen LogP contribution in [0.1, 0.15) is 86.3 Å². The van der Waals surface area contributed by atoms with Gasteiger partial charge in [-0.3, -0.25) is 4.79 Å². The van der Waals surface area contributed by atoms with Gasteiger partial charge in [-0.25, -0.2) is 0 Å². The maximum atomic E-state index is 14.6. The molecule has 4 aromatic rings. The van der Waals surface area contributed by atoms with E-state index < -0.39 is 0 Å². The summed E-state index contributed by atoms with van der Waals surface area (Å²) < 4.78 is 2.22. The summed E-state index contributed by atoms with van der Waals surface area (Å²) in [5, 5.41) is 9.82. The van der Waals surface area contributed by atoms with E-state index in [1.807, 2.05) is 36.4 Å². The zero-order chi connectivity index (χ0) is 33.6. The summed E-state index contributed by atoms with van der Waals surface area (Å²) in [5.74, 6) is 0.844. The van der Waals surface area contributed by atoms with Crippen LogP contribution in [0.3, 0.4) is 0 Å². The van der Waals surface area contributed by atoms with Gasteiger partial charge >= 0.3 is 0 Å². The SMILES string of the molecule is CCCN(C(=O)c1cc(C)n(-c2ccccc2)c1C1=CCC=CC=C1)C(Cc1ccc(O)cc1)C[C@H](C)CC.CCc1ccccc1. The normalized spacial score (nSPS) is 13.6. The molecule has 1 aliphatic rings. The van der Waals surface area contributed by atoms with Crippen molar-refractivity contribution in [1.82, 2.24) is 9.47 Å². The van der Waals surface area contributed by atoms with E-state index >= 15 is 0 Å². The average Bonchev–Trinajstić information content (AvgIpc) is 3.24. The van der Waals surface area contributed by atoms with Crippen molar-refractivity contribution in [3.05, 3.63) is 149 Å². The van der Waals surface area contributed by atoms with Crippen LogP contribution in [0.25, 0.3) is 11.3 Å². The summed E-state index contributed by atoms with van der Waals surface area (Å²) in [6.45, 7) is 11.6. The zero-order valence-corrected chi connectivity index (χ0v) is 28.9. The number of aromatic nitrogens is 1. The third-order valence-corrected chi connectivity index (χ3v) is 8.90. The number of carbonyl (C=O) groups excluding carboxylic acids is 1. The number of hydrogen-bond donors (Lipinski definition) is 1. The van der Waals surface area contributed by atoms with Crippen LogP contribution in [0.5, 0.6) is 5.75 Å². The van der Waals surface area contributed by atoms with Crippen molar-refractivity contribution in [2.45, 2.75) is 79.2 Å². The van der Waals surface area contributed by atoms with Crippen LogP contribution in [-0.2, 0) is 12.8 Å². The highest BCUT2D eigenvalue weighted by molar-refractivity contribution is 6.01. The number of nitrogens with zero attached hydrogens (tertiary/aromatic N) is 2. The first kappa shape index (κ1) is 35.3. The lowest BCUT2D eigenvalue weighted by Crippen LogP contribution is -2.43. The Bertz CT molecular complexity index is 1630. The Hall–Kier alpha value is -4.57. The van der Waals surface area contributed by atoms with Gasteiger partial charge in [0.15, 0.2) is 0 Å². The molecular weight excluding hydrogens is 576 g/mol. The molecule has 1 aliphatic carbocycles. The van der Waals surface area contributed by atoms with Gasteiger partial charge in [-0.2, -0.15) is 0 Å². The first-order chi connectivity index (χ1) is 22.9. The fraction of sp³-hybridized carbons (Fsp3) is 0.326. The molecule has 5 rings (SSSR count). The average molecular weight is 629 g/mol. The summed E-state index contributed by atoms with van der Waals surface area (Å²) in [6, 6.07) is 30.3. The Labute approximate surface area is 282 Å². The van der Waals surface area contributed by atoms with E-state index in [1.165, 1.54) is 5.56 Å². The third-order valence-electron chi connectivity index (χ3n) is 8.90. The van der Waals surface area contributed by atoms with Gasteiger partial charge in [0.25, 0.3) is 5.91 Å². The van der Waals surface area contributed by atoms with E-state index in [2.05, 4.69) is 117 Å². The first-order valence-corrected chi connectivity index (χ1v) is 17.3. The molecule has 47 heavy (non-hydrogen) atoms. The molecule has 1 amide bonds. The molecule has 1 aromatic heterocycles. The minimum Gasteiger partial charge on any atom is -0.508 e. The van der Waals surface area contributed by atoms with Crippen molar-refractivity contribution in [2.75, 3.05) is 6.54 Å². The Kier molecular flexibility index (Phi) is 13.5. The Morgan fingerprint density at radius 2 is 1.57 bits per heavy atom. The first-order valence-electron chi connectivity index (χ1n) is 17.3. The third kappa shape index (κ3) is 9.71. The fourth-order valence-corrected chi connectivity index (χ4v) is 6.17. The summed E-state index contributed by atoms with van der Waals surface area (Å²) in [4.78, 5) is 16.8. The van der Waals surface area contributed by atoms with Crippen molar-refractivity contribution in [3.63, 3.8) is 0 Å². The number of rotatable bonds is 12. The molecule has 4 heteroatoms. The Balaban J connectivity index is 0.000000546. The van der Waals surface area contributed by atoms with Crippen molar-refractivity contribution >= 4 is 11.5 Å². The number of benzene rings is 3. The number of allylic oxidation sites excluding steroid dienone is 6. The summed E-state index contributed by atoms with van der Waals surface area (Å²) in [5.41, 5.74) is 7.41. The number of phenolic OH excluding ortho intramolecular Hbond substituents is 1. The van der Waals surface area contributed by atoms with E-state index in [4.69, 9.17) is 0 Å². The second-order valence-electron chi connectivity index (χ2n) is 12.5. The monoisotopic (exact) mass is 628 g/mol. The zero-order valence-electron chi connectivity index (χ0n) is 28.9. The molecule has 3 aromatic carbocycles. The van der Waals surface area contributed by atoms with E-state index in [9.17, 15) is 9.90 Å². The van der Waals surface area contributed by atoms with Crippen molar-refractivity contribution in [3.8, 4) is 11.4 Å². The molecule has 0 bridgehead atoms. The lowest BCUT2D eigenvalue weighted by atomic mass is 9.92.